The van der Waals surface area contributed by atoms with Gasteiger partial charge in [0.1, 0.15) is 5.82 Å². The number of carboxylic acids is 1. The number of hydrogen-bond donors (Lipinski definition) is 1. The molecule has 84 valence electrons. The summed E-state index contributed by atoms with van der Waals surface area (Å²) < 4.78 is 17.8. The zero-order valence-corrected chi connectivity index (χ0v) is 8.44. The molecule has 1 rings (SSSR count). The average molecular weight is 224 g/mol. The lowest BCUT2D eigenvalue weighted by molar-refractivity contribution is -0.134. The average Bonchev–Trinajstić information content (AvgIpc) is 2.26. The molecule has 0 aliphatic carbocycles. The zero-order chi connectivity index (χ0) is 12.1. The number of carbonyl (C=O) groups is 2. The maximum atomic E-state index is 13.5. The molecule has 0 aromatic heterocycles. The molecule has 1 aromatic rings. The van der Waals surface area contributed by atoms with E-state index >= 15 is 0 Å². The van der Waals surface area contributed by atoms with Gasteiger partial charge >= 0.3 is 11.9 Å². The molecule has 0 aliphatic heterocycles. The van der Waals surface area contributed by atoms with Crippen LogP contribution in [0.15, 0.2) is 24.3 Å². The van der Waals surface area contributed by atoms with Crippen molar-refractivity contribution in [3.8, 4) is 0 Å². The van der Waals surface area contributed by atoms with Crippen LogP contribution in [0, 0.1) is 5.82 Å². The second-order valence-electron chi connectivity index (χ2n) is 2.87. The maximum Gasteiger partial charge on any atom is 0.338 e. The van der Waals surface area contributed by atoms with Crippen molar-refractivity contribution < 1.29 is 23.8 Å². The number of hydrogen-bond acceptors (Lipinski definition) is 3. The van der Waals surface area contributed by atoms with Crippen molar-refractivity contribution in [2.75, 3.05) is 7.11 Å². The van der Waals surface area contributed by atoms with E-state index in [9.17, 15) is 14.0 Å². The summed E-state index contributed by atoms with van der Waals surface area (Å²) in [7, 11) is 1.19. The predicted molar refractivity (Wildman–Crippen MR) is 54.4 cm³/mol. The van der Waals surface area contributed by atoms with Crippen LogP contribution in [0.4, 0.5) is 4.39 Å². The van der Waals surface area contributed by atoms with E-state index < -0.39 is 23.3 Å². The van der Waals surface area contributed by atoms with Crippen molar-refractivity contribution in [2.45, 2.75) is 0 Å². The Morgan fingerprint density at radius 3 is 2.69 bits per heavy atom. The highest BCUT2D eigenvalue weighted by Gasteiger charge is 2.11. The number of benzene rings is 1. The summed E-state index contributed by atoms with van der Waals surface area (Å²) in [6, 6.07) is 3.90. The molecule has 0 heterocycles. The van der Waals surface area contributed by atoms with Crippen molar-refractivity contribution >= 4 is 18.0 Å². The lowest BCUT2D eigenvalue weighted by Gasteiger charge is -2.00. The SMILES string of the molecule is COC(=O)C=Cc1cccc(C(=O)O)c1F. The monoisotopic (exact) mass is 224 g/mol. The van der Waals surface area contributed by atoms with Gasteiger partial charge in [0.15, 0.2) is 0 Å². The van der Waals surface area contributed by atoms with Crippen LogP contribution in [0.25, 0.3) is 6.08 Å². The number of rotatable bonds is 3. The van der Waals surface area contributed by atoms with Gasteiger partial charge in [0.05, 0.1) is 12.7 Å². The molecule has 5 heteroatoms. The molecule has 0 amide bonds. The molecule has 1 N–H and O–H groups in total. The van der Waals surface area contributed by atoms with Gasteiger partial charge in [-0.2, -0.15) is 0 Å². The molecule has 0 unspecified atom stereocenters. The number of methoxy groups -OCH3 is 1. The standard InChI is InChI=1S/C11H9FO4/c1-16-9(13)6-5-7-3-2-4-8(10(7)12)11(14)15/h2-6H,1H3,(H,14,15). The first kappa shape index (κ1) is 11.9. The van der Waals surface area contributed by atoms with E-state index in [1.807, 2.05) is 0 Å². The van der Waals surface area contributed by atoms with Crippen LogP contribution in [-0.4, -0.2) is 24.2 Å². The van der Waals surface area contributed by atoms with E-state index in [-0.39, 0.29) is 5.56 Å². The van der Waals surface area contributed by atoms with Gasteiger partial charge in [0.25, 0.3) is 0 Å². The van der Waals surface area contributed by atoms with Crippen molar-refractivity contribution in [3.05, 3.63) is 41.2 Å². The van der Waals surface area contributed by atoms with E-state index in [2.05, 4.69) is 4.74 Å². The molecular formula is C11H9FO4. The fourth-order valence-corrected chi connectivity index (χ4v) is 1.07. The smallest absolute Gasteiger partial charge is 0.338 e. The first-order valence-corrected chi connectivity index (χ1v) is 4.34. The van der Waals surface area contributed by atoms with Gasteiger partial charge in [-0.15, -0.1) is 0 Å². The lowest BCUT2D eigenvalue weighted by atomic mass is 10.1. The second kappa shape index (κ2) is 5.06. The van der Waals surface area contributed by atoms with Gasteiger partial charge < -0.3 is 9.84 Å². The largest absolute Gasteiger partial charge is 0.478 e. The molecule has 0 radical (unpaired) electrons. The van der Waals surface area contributed by atoms with Crippen LogP contribution in [0.5, 0.6) is 0 Å². The fraction of sp³-hybridized carbons (Fsp3) is 0.0909. The van der Waals surface area contributed by atoms with Gasteiger partial charge in [-0.25, -0.2) is 14.0 Å². The van der Waals surface area contributed by atoms with Gasteiger partial charge in [-0.1, -0.05) is 12.1 Å². The van der Waals surface area contributed by atoms with Crippen molar-refractivity contribution in [1.82, 2.24) is 0 Å². The number of aromatic carboxylic acids is 1. The minimum absolute atomic E-state index is 0.0188. The molecule has 0 saturated heterocycles. The van der Waals surface area contributed by atoms with Gasteiger partial charge in [0.2, 0.25) is 0 Å². The molecule has 0 aliphatic rings. The first-order valence-electron chi connectivity index (χ1n) is 4.34. The van der Waals surface area contributed by atoms with E-state index in [4.69, 9.17) is 5.11 Å². The Morgan fingerprint density at radius 2 is 2.12 bits per heavy atom. The summed E-state index contributed by atoms with van der Waals surface area (Å²) in [5.41, 5.74) is -0.419. The zero-order valence-electron chi connectivity index (χ0n) is 8.44. The predicted octanol–water partition coefficient (Wildman–Crippen LogP) is 1.71. The summed E-state index contributed by atoms with van der Waals surface area (Å²) in [5, 5.41) is 8.66. The van der Waals surface area contributed by atoms with E-state index in [1.54, 1.807) is 0 Å². The van der Waals surface area contributed by atoms with Crippen LogP contribution in [0.1, 0.15) is 15.9 Å². The highest BCUT2D eigenvalue weighted by molar-refractivity contribution is 5.90. The normalized spacial score (nSPS) is 10.4. The molecule has 0 spiro atoms. The van der Waals surface area contributed by atoms with E-state index in [0.29, 0.717) is 0 Å². The van der Waals surface area contributed by atoms with Crippen molar-refractivity contribution in [2.24, 2.45) is 0 Å². The minimum Gasteiger partial charge on any atom is -0.478 e. The molecule has 0 bridgehead atoms. The van der Waals surface area contributed by atoms with Gasteiger partial charge in [-0.05, 0) is 12.1 Å². The molecule has 1 aromatic carbocycles. The second-order valence-corrected chi connectivity index (χ2v) is 2.87. The van der Waals surface area contributed by atoms with Crippen LogP contribution < -0.4 is 0 Å². The number of carboxylic acid groups (broad SMARTS) is 1. The number of ether oxygens (including phenoxy) is 1. The molecular weight excluding hydrogens is 215 g/mol. The van der Waals surface area contributed by atoms with Crippen LogP contribution in [-0.2, 0) is 9.53 Å². The Labute approximate surface area is 91.0 Å². The third-order valence-electron chi connectivity index (χ3n) is 1.86. The minimum atomic E-state index is -1.36. The Kier molecular flexibility index (Phi) is 3.77. The Morgan fingerprint density at radius 1 is 1.44 bits per heavy atom. The molecule has 0 fully saturated rings. The van der Waals surface area contributed by atoms with Crippen LogP contribution in [0.2, 0.25) is 0 Å². The molecule has 0 saturated carbocycles. The molecule has 0 atom stereocenters. The van der Waals surface area contributed by atoms with Gasteiger partial charge in [-0.3, -0.25) is 0 Å². The molecule has 16 heavy (non-hydrogen) atoms. The third-order valence-corrected chi connectivity index (χ3v) is 1.86. The fourth-order valence-electron chi connectivity index (χ4n) is 1.07. The third kappa shape index (κ3) is 2.66. The number of halogens is 1. The summed E-state index contributed by atoms with van der Waals surface area (Å²) >= 11 is 0. The van der Waals surface area contributed by atoms with Crippen molar-refractivity contribution in [3.63, 3.8) is 0 Å². The lowest BCUT2D eigenvalue weighted by Crippen LogP contribution is -2.02. The van der Waals surface area contributed by atoms with Crippen LogP contribution >= 0.6 is 0 Å². The van der Waals surface area contributed by atoms with Crippen LogP contribution in [0.3, 0.4) is 0 Å². The molecule has 4 nitrogen and oxygen atoms in total. The summed E-state index contributed by atoms with van der Waals surface area (Å²) in [5.74, 6) is -2.87. The number of esters is 1. The Bertz CT molecular complexity index is 451. The highest BCUT2D eigenvalue weighted by Crippen LogP contribution is 2.14. The quantitative estimate of drug-likeness (QED) is 0.627. The first-order chi connectivity index (χ1) is 7.56. The summed E-state index contributed by atoms with van der Waals surface area (Å²) in [6.07, 6.45) is 2.18. The number of carbonyl (C=O) groups excluding carboxylic acids is 1. The summed E-state index contributed by atoms with van der Waals surface area (Å²) in [4.78, 5) is 21.4. The Hall–Kier alpha value is -2.17. The van der Waals surface area contributed by atoms with E-state index in [0.717, 1.165) is 18.2 Å². The Balaban J connectivity index is 3.07. The topological polar surface area (TPSA) is 63.6 Å². The summed E-state index contributed by atoms with van der Waals surface area (Å²) in [6.45, 7) is 0. The van der Waals surface area contributed by atoms with Gasteiger partial charge in [0, 0.05) is 11.6 Å². The maximum absolute atomic E-state index is 13.5. The van der Waals surface area contributed by atoms with Crippen molar-refractivity contribution in [1.29, 1.82) is 0 Å². The highest BCUT2D eigenvalue weighted by atomic mass is 19.1. The van der Waals surface area contributed by atoms with E-state index in [1.165, 1.54) is 19.2 Å².